The summed E-state index contributed by atoms with van der Waals surface area (Å²) in [5, 5.41) is 20.8. The van der Waals surface area contributed by atoms with Crippen LogP contribution in [0.15, 0.2) is 16.7 Å². The Morgan fingerprint density at radius 1 is 1.58 bits per heavy atom. The Morgan fingerprint density at radius 2 is 2.21 bits per heavy atom. The molecule has 7 heteroatoms. The van der Waals surface area contributed by atoms with E-state index < -0.39 is 11.6 Å². The zero-order chi connectivity index (χ0) is 14.2. The second-order valence-electron chi connectivity index (χ2n) is 4.94. The SMILES string of the molecule is CC(O)(CNC(=O)c1cc(Br)cn1C1CC1)C(=O)O. The maximum Gasteiger partial charge on any atom is 0.337 e. The van der Waals surface area contributed by atoms with Gasteiger partial charge in [0.05, 0.1) is 6.54 Å². The summed E-state index contributed by atoms with van der Waals surface area (Å²) in [6.07, 6.45) is 3.91. The molecule has 1 aromatic rings. The van der Waals surface area contributed by atoms with Crippen LogP contribution in [0.2, 0.25) is 0 Å². The number of nitrogens with one attached hydrogen (secondary N) is 1. The van der Waals surface area contributed by atoms with Gasteiger partial charge in [-0.25, -0.2) is 4.79 Å². The number of nitrogens with zero attached hydrogens (tertiary/aromatic N) is 1. The van der Waals surface area contributed by atoms with Crippen LogP contribution in [0.1, 0.15) is 36.3 Å². The molecule has 1 aliphatic carbocycles. The number of amides is 1. The first-order valence-electron chi connectivity index (χ1n) is 5.92. The van der Waals surface area contributed by atoms with Crippen molar-refractivity contribution in [3.05, 3.63) is 22.4 Å². The molecule has 104 valence electrons. The van der Waals surface area contributed by atoms with Crippen LogP contribution >= 0.6 is 15.9 Å². The molecule has 0 radical (unpaired) electrons. The lowest BCUT2D eigenvalue weighted by molar-refractivity contribution is -0.155. The van der Waals surface area contributed by atoms with Crippen LogP contribution in [0.4, 0.5) is 0 Å². The topological polar surface area (TPSA) is 91.6 Å². The van der Waals surface area contributed by atoms with Crippen molar-refractivity contribution in [1.29, 1.82) is 0 Å². The molecule has 3 N–H and O–H groups in total. The largest absolute Gasteiger partial charge is 0.479 e. The first kappa shape index (κ1) is 14.1. The third kappa shape index (κ3) is 3.16. The summed E-state index contributed by atoms with van der Waals surface area (Å²) in [5.41, 5.74) is -1.50. The van der Waals surface area contributed by atoms with E-state index in [9.17, 15) is 14.7 Å². The van der Waals surface area contributed by atoms with Gasteiger partial charge in [-0.1, -0.05) is 0 Å². The molecule has 0 bridgehead atoms. The number of aliphatic carboxylic acids is 1. The lowest BCUT2D eigenvalue weighted by atomic mass is 10.1. The van der Waals surface area contributed by atoms with Crippen molar-refractivity contribution in [3.63, 3.8) is 0 Å². The molecule has 1 unspecified atom stereocenters. The Bertz CT molecular complexity index is 520. The minimum Gasteiger partial charge on any atom is -0.479 e. The van der Waals surface area contributed by atoms with Gasteiger partial charge in [-0.2, -0.15) is 0 Å². The molecule has 0 spiro atoms. The molecule has 19 heavy (non-hydrogen) atoms. The van der Waals surface area contributed by atoms with E-state index in [4.69, 9.17) is 5.11 Å². The second-order valence-corrected chi connectivity index (χ2v) is 5.86. The number of carboxylic acid groups (broad SMARTS) is 1. The predicted octanol–water partition coefficient (Wildman–Crippen LogP) is 1.15. The first-order valence-corrected chi connectivity index (χ1v) is 6.72. The van der Waals surface area contributed by atoms with Gasteiger partial charge in [0.2, 0.25) is 0 Å². The van der Waals surface area contributed by atoms with Crippen LogP contribution < -0.4 is 5.32 Å². The van der Waals surface area contributed by atoms with E-state index in [2.05, 4.69) is 21.2 Å². The standard InChI is InChI=1S/C12H15BrN2O4/c1-12(19,11(17)18)6-14-10(16)9-4-7(13)5-15(9)8-2-3-8/h4-5,8,19H,2-3,6H2,1H3,(H,14,16)(H,17,18). The van der Waals surface area contributed by atoms with Crippen molar-refractivity contribution in [2.75, 3.05) is 6.54 Å². The number of carboxylic acids is 1. The molecule has 1 aliphatic rings. The third-order valence-electron chi connectivity index (χ3n) is 3.04. The minimum atomic E-state index is -1.97. The summed E-state index contributed by atoms with van der Waals surface area (Å²) in [6, 6.07) is 2.02. The van der Waals surface area contributed by atoms with Gasteiger partial charge < -0.3 is 20.1 Å². The van der Waals surface area contributed by atoms with Gasteiger partial charge >= 0.3 is 5.97 Å². The Labute approximate surface area is 118 Å². The third-order valence-corrected chi connectivity index (χ3v) is 3.48. The highest BCUT2D eigenvalue weighted by molar-refractivity contribution is 9.10. The van der Waals surface area contributed by atoms with Gasteiger partial charge in [-0.05, 0) is 41.8 Å². The number of carbonyl (C=O) groups is 2. The monoisotopic (exact) mass is 330 g/mol. The lowest BCUT2D eigenvalue weighted by Crippen LogP contribution is -2.46. The van der Waals surface area contributed by atoms with E-state index >= 15 is 0 Å². The highest BCUT2D eigenvalue weighted by Gasteiger charge is 2.32. The maximum atomic E-state index is 12.0. The molecule has 0 saturated heterocycles. The molecular formula is C12H15BrN2O4. The number of hydrogen-bond acceptors (Lipinski definition) is 3. The normalized spacial score (nSPS) is 17.8. The summed E-state index contributed by atoms with van der Waals surface area (Å²) in [5.74, 6) is -1.76. The van der Waals surface area contributed by atoms with Crippen molar-refractivity contribution in [2.45, 2.75) is 31.4 Å². The fourth-order valence-corrected chi connectivity index (χ4v) is 2.14. The molecule has 0 aromatic carbocycles. The molecule has 1 amide bonds. The molecule has 1 atom stereocenters. The molecular weight excluding hydrogens is 316 g/mol. The fraction of sp³-hybridized carbons (Fsp3) is 0.500. The van der Waals surface area contributed by atoms with Crippen LogP contribution in [0.3, 0.4) is 0 Å². The van der Waals surface area contributed by atoms with Crippen LogP contribution in [-0.4, -0.2) is 38.8 Å². The van der Waals surface area contributed by atoms with Crippen molar-refractivity contribution in [3.8, 4) is 0 Å². The van der Waals surface area contributed by atoms with Gasteiger partial charge in [-0.3, -0.25) is 4.79 Å². The van der Waals surface area contributed by atoms with Crippen LogP contribution in [-0.2, 0) is 4.79 Å². The van der Waals surface area contributed by atoms with Crippen molar-refractivity contribution in [1.82, 2.24) is 9.88 Å². The molecule has 0 aliphatic heterocycles. The van der Waals surface area contributed by atoms with Crippen molar-refractivity contribution >= 4 is 27.8 Å². The average molecular weight is 331 g/mol. The summed E-state index contributed by atoms with van der Waals surface area (Å²) < 4.78 is 2.67. The van der Waals surface area contributed by atoms with Crippen LogP contribution in [0, 0.1) is 0 Å². The Morgan fingerprint density at radius 3 is 2.74 bits per heavy atom. The van der Waals surface area contributed by atoms with E-state index in [1.807, 2.05) is 10.8 Å². The molecule has 1 heterocycles. The smallest absolute Gasteiger partial charge is 0.337 e. The highest BCUT2D eigenvalue weighted by atomic mass is 79.9. The number of carbonyl (C=O) groups excluding carboxylic acids is 1. The Hall–Kier alpha value is -1.34. The Kier molecular flexibility index (Phi) is 3.69. The highest BCUT2D eigenvalue weighted by Crippen LogP contribution is 2.37. The van der Waals surface area contributed by atoms with Gasteiger partial charge in [0.15, 0.2) is 5.60 Å². The number of hydrogen-bond donors (Lipinski definition) is 3. The van der Waals surface area contributed by atoms with E-state index in [1.54, 1.807) is 6.07 Å². The number of rotatable bonds is 5. The lowest BCUT2D eigenvalue weighted by Gasteiger charge is -2.18. The van der Waals surface area contributed by atoms with Crippen molar-refractivity contribution < 1.29 is 19.8 Å². The number of halogens is 1. The molecule has 2 rings (SSSR count). The number of aromatic nitrogens is 1. The zero-order valence-corrected chi connectivity index (χ0v) is 12.0. The molecule has 1 aromatic heterocycles. The molecule has 6 nitrogen and oxygen atoms in total. The summed E-state index contributed by atoms with van der Waals surface area (Å²) in [6.45, 7) is 0.806. The van der Waals surface area contributed by atoms with Crippen LogP contribution in [0.5, 0.6) is 0 Å². The maximum absolute atomic E-state index is 12.0. The van der Waals surface area contributed by atoms with E-state index in [1.165, 1.54) is 0 Å². The molecule has 1 saturated carbocycles. The van der Waals surface area contributed by atoms with Gasteiger partial charge in [-0.15, -0.1) is 0 Å². The van der Waals surface area contributed by atoms with E-state index in [0.29, 0.717) is 11.7 Å². The summed E-state index contributed by atoms with van der Waals surface area (Å²) in [4.78, 5) is 22.8. The zero-order valence-electron chi connectivity index (χ0n) is 10.4. The van der Waals surface area contributed by atoms with Gasteiger partial charge in [0.1, 0.15) is 5.69 Å². The Balaban J connectivity index is 2.06. The predicted molar refractivity (Wildman–Crippen MR) is 71.0 cm³/mol. The first-order chi connectivity index (χ1) is 8.81. The van der Waals surface area contributed by atoms with Crippen LogP contribution in [0.25, 0.3) is 0 Å². The minimum absolute atomic E-state index is 0.339. The van der Waals surface area contributed by atoms with Gasteiger partial charge in [0, 0.05) is 16.7 Å². The fourth-order valence-electron chi connectivity index (χ4n) is 1.70. The summed E-state index contributed by atoms with van der Waals surface area (Å²) >= 11 is 3.32. The summed E-state index contributed by atoms with van der Waals surface area (Å²) in [7, 11) is 0. The van der Waals surface area contributed by atoms with Gasteiger partial charge in [0.25, 0.3) is 5.91 Å². The van der Waals surface area contributed by atoms with Crippen molar-refractivity contribution in [2.24, 2.45) is 0 Å². The quantitative estimate of drug-likeness (QED) is 0.755. The molecule has 1 fully saturated rings. The van der Waals surface area contributed by atoms with E-state index in [0.717, 1.165) is 24.2 Å². The average Bonchev–Trinajstić information content (AvgIpc) is 3.09. The number of aliphatic hydroxyl groups is 1. The second kappa shape index (κ2) is 4.97. The van der Waals surface area contributed by atoms with E-state index in [-0.39, 0.29) is 12.5 Å².